The number of hydrogen-bond donors (Lipinski definition) is 0. The topological polar surface area (TPSA) is 50.1 Å². The maximum absolute atomic E-state index is 12.7. The Hall–Kier alpha value is -2.00. The number of halogens is 3. The molecule has 2 aliphatic rings. The summed E-state index contributed by atoms with van der Waals surface area (Å²) < 4.78 is 39.6. The van der Waals surface area contributed by atoms with E-state index >= 15 is 0 Å². The van der Waals surface area contributed by atoms with Gasteiger partial charge in [-0.25, -0.2) is 0 Å². The number of benzene rings is 1. The van der Waals surface area contributed by atoms with Crippen LogP contribution in [0, 0.1) is 0 Å². The van der Waals surface area contributed by atoms with Gasteiger partial charge in [-0.2, -0.15) is 17.9 Å². The molecule has 1 aromatic carbocycles. The van der Waals surface area contributed by atoms with Gasteiger partial charge in [-0.3, -0.25) is 9.80 Å². The third-order valence-corrected chi connectivity index (χ3v) is 5.01. The van der Waals surface area contributed by atoms with E-state index in [9.17, 15) is 13.2 Å². The summed E-state index contributed by atoms with van der Waals surface area (Å²) in [7, 11) is 0. The van der Waals surface area contributed by atoms with Crippen LogP contribution in [0.3, 0.4) is 0 Å². The standard InChI is InChI=1S/C16H19F3N6/c17-16(18,19)12-3-5-13(6-4-12)25-15(20-21-22-25)11-23-8-9-24-7-1-2-14(24)10-23/h3-6,14H,1-2,7-11H2/t14-/m1/s1. The summed E-state index contributed by atoms with van der Waals surface area (Å²) in [5.74, 6) is 0.645. The van der Waals surface area contributed by atoms with Crippen LogP contribution in [-0.4, -0.2) is 62.2 Å². The van der Waals surface area contributed by atoms with Gasteiger partial charge < -0.3 is 0 Å². The molecule has 9 heteroatoms. The first-order valence-electron chi connectivity index (χ1n) is 8.42. The summed E-state index contributed by atoms with van der Waals surface area (Å²) in [5, 5.41) is 11.7. The molecule has 0 spiro atoms. The Morgan fingerprint density at radius 3 is 2.64 bits per heavy atom. The average Bonchev–Trinajstić information content (AvgIpc) is 3.23. The molecule has 0 amide bonds. The molecular weight excluding hydrogens is 333 g/mol. The number of rotatable bonds is 3. The maximum atomic E-state index is 12.7. The van der Waals surface area contributed by atoms with Crippen molar-refractivity contribution >= 4 is 0 Å². The van der Waals surface area contributed by atoms with Crippen LogP contribution in [-0.2, 0) is 12.7 Å². The molecule has 25 heavy (non-hydrogen) atoms. The van der Waals surface area contributed by atoms with E-state index in [-0.39, 0.29) is 0 Å². The van der Waals surface area contributed by atoms with E-state index in [4.69, 9.17) is 0 Å². The smallest absolute Gasteiger partial charge is 0.298 e. The molecule has 1 atom stereocenters. The molecule has 0 saturated carbocycles. The number of hydrogen-bond acceptors (Lipinski definition) is 5. The number of fused-ring (bicyclic) bond motifs is 1. The third-order valence-electron chi connectivity index (χ3n) is 5.01. The van der Waals surface area contributed by atoms with Crippen molar-refractivity contribution in [2.75, 3.05) is 26.2 Å². The predicted molar refractivity (Wildman–Crippen MR) is 84.0 cm³/mol. The van der Waals surface area contributed by atoms with E-state index in [0.717, 1.165) is 31.8 Å². The van der Waals surface area contributed by atoms with Gasteiger partial charge in [0, 0.05) is 25.7 Å². The van der Waals surface area contributed by atoms with Crippen LogP contribution in [0.15, 0.2) is 24.3 Å². The van der Waals surface area contributed by atoms with Gasteiger partial charge in [0.2, 0.25) is 0 Å². The lowest BCUT2D eigenvalue weighted by Gasteiger charge is -2.37. The van der Waals surface area contributed by atoms with Gasteiger partial charge in [0.05, 0.1) is 17.8 Å². The largest absolute Gasteiger partial charge is 0.416 e. The van der Waals surface area contributed by atoms with Crippen LogP contribution in [0.1, 0.15) is 24.2 Å². The summed E-state index contributed by atoms with van der Waals surface area (Å²) >= 11 is 0. The average molecular weight is 352 g/mol. The van der Waals surface area contributed by atoms with Crippen LogP contribution in [0.2, 0.25) is 0 Å². The molecule has 2 aliphatic heterocycles. The SMILES string of the molecule is FC(F)(F)c1ccc(-n2nnnc2CN2CCN3CCC[C@@H]3C2)cc1. The van der Waals surface area contributed by atoms with Crippen LogP contribution in [0.5, 0.6) is 0 Å². The highest BCUT2D eigenvalue weighted by Crippen LogP contribution is 2.29. The quantitative estimate of drug-likeness (QED) is 0.845. The third kappa shape index (κ3) is 3.38. The molecular formula is C16H19F3N6. The van der Waals surface area contributed by atoms with Gasteiger partial charge in [-0.05, 0) is 54.1 Å². The summed E-state index contributed by atoms with van der Waals surface area (Å²) in [5.41, 5.74) is -0.143. The van der Waals surface area contributed by atoms with E-state index in [1.165, 1.54) is 36.2 Å². The normalized spacial score (nSPS) is 22.3. The predicted octanol–water partition coefficient (Wildman–Crippen LogP) is 1.96. The highest BCUT2D eigenvalue weighted by molar-refractivity contribution is 5.35. The Bertz CT molecular complexity index is 726. The van der Waals surface area contributed by atoms with E-state index in [1.807, 2.05) is 0 Å². The van der Waals surface area contributed by atoms with Gasteiger partial charge in [0.25, 0.3) is 0 Å². The van der Waals surface area contributed by atoms with Crippen molar-refractivity contribution in [1.29, 1.82) is 0 Å². The molecule has 2 saturated heterocycles. The molecule has 4 rings (SSSR count). The number of alkyl halides is 3. The maximum Gasteiger partial charge on any atom is 0.416 e. The Balaban J connectivity index is 1.49. The Morgan fingerprint density at radius 1 is 1.08 bits per heavy atom. The van der Waals surface area contributed by atoms with Crippen LogP contribution >= 0.6 is 0 Å². The van der Waals surface area contributed by atoms with Crippen molar-refractivity contribution in [3.05, 3.63) is 35.7 Å². The highest BCUT2D eigenvalue weighted by Gasteiger charge is 2.32. The van der Waals surface area contributed by atoms with Crippen molar-refractivity contribution in [2.24, 2.45) is 0 Å². The Labute approximate surface area is 143 Å². The Morgan fingerprint density at radius 2 is 1.88 bits per heavy atom. The molecule has 0 bridgehead atoms. The number of tetrazole rings is 1. The second-order valence-corrected chi connectivity index (χ2v) is 6.62. The highest BCUT2D eigenvalue weighted by atomic mass is 19.4. The Kier molecular flexibility index (Phi) is 4.20. The molecule has 0 unspecified atom stereocenters. The summed E-state index contributed by atoms with van der Waals surface area (Å²) in [6.07, 6.45) is -1.87. The molecule has 2 aromatic rings. The minimum Gasteiger partial charge on any atom is -0.298 e. The van der Waals surface area contributed by atoms with Crippen molar-refractivity contribution in [2.45, 2.75) is 31.6 Å². The van der Waals surface area contributed by atoms with Crippen molar-refractivity contribution in [3.8, 4) is 5.69 Å². The van der Waals surface area contributed by atoms with Crippen LogP contribution < -0.4 is 0 Å². The van der Waals surface area contributed by atoms with E-state index < -0.39 is 11.7 Å². The van der Waals surface area contributed by atoms with Crippen molar-refractivity contribution in [1.82, 2.24) is 30.0 Å². The zero-order valence-corrected chi connectivity index (χ0v) is 13.7. The first-order valence-corrected chi connectivity index (χ1v) is 8.42. The summed E-state index contributed by atoms with van der Waals surface area (Å²) in [6.45, 7) is 4.77. The van der Waals surface area contributed by atoms with Crippen molar-refractivity contribution in [3.63, 3.8) is 0 Å². The fourth-order valence-electron chi connectivity index (χ4n) is 3.70. The van der Waals surface area contributed by atoms with Gasteiger partial charge >= 0.3 is 6.18 Å². The first-order chi connectivity index (χ1) is 12.0. The van der Waals surface area contributed by atoms with Gasteiger partial charge in [-0.1, -0.05) is 0 Å². The molecule has 0 aliphatic carbocycles. The van der Waals surface area contributed by atoms with E-state index in [2.05, 4.69) is 25.3 Å². The lowest BCUT2D eigenvalue weighted by atomic mass is 10.1. The molecule has 2 fully saturated rings. The monoisotopic (exact) mass is 352 g/mol. The van der Waals surface area contributed by atoms with Crippen LogP contribution in [0.25, 0.3) is 5.69 Å². The number of piperazine rings is 1. The van der Waals surface area contributed by atoms with Crippen molar-refractivity contribution < 1.29 is 13.2 Å². The molecule has 0 N–H and O–H groups in total. The molecule has 134 valence electrons. The van der Waals surface area contributed by atoms with Gasteiger partial charge in [-0.15, -0.1) is 5.10 Å². The van der Waals surface area contributed by atoms with Gasteiger partial charge in [0.1, 0.15) is 0 Å². The second kappa shape index (κ2) is 6.38. The minimum absolute atomic E-state index is 0.535. The molecule has 3 heterocycles. The fourth-order valence-corrected chi connectivity index (χ4v) is 3.70. The number of nitrogens with zero attached hydrogens (tertiary/aromatic N) is 6. The zero-order chi connectivity index (χ0) is 17.4. The van der Waals surface area contributed by atoms with E-state index in [0.29, 0.717) is 24.1 Å². The lowest BCUT2D eigenvalue weighted by molar-refractivity contribution is -0.137. The lowest BCUT2D eigenvalue weighted by Crippen LogP contribution is -2.49. The van der Waals surface area contributed by atoms with E-state index in [1.54, 1.807) is 0 Å². The first kappa shape index (κ1) is 16.5. The number of aromatic nitrogens is 4. The second-order valence-electron chi connectivity index (χ2n) is 6.62. The molecule has 6 nitrogen and oxygen atoms in total. The minimum atomic E-state index is -4.34. The zero-order valence-electron chi connectivity index (χ0n) is 13.7. The van der Waals surface area contributed by atoms with Crippen LogP contribution in [0.4, 0.5) is 13.2 Å². The summed E-state index contributed by atoms with van der Waals surface area (Å²) in [6, 6.07) is 5.51. The summed E-state index contributed by atoms with van der Waals surface area (Å²) in [4.78, 5) is 4.84. The molecule has 0 radical (unpaired) electrons. The molecule has 1 aromatic heterocycles. The van der Waals surface area contributed by atoms with Gasteiger partial charge in [0.15, 0.2) is 5.82 Å². The fraction of sp³-hybridized carbons (Fsp3) is 0.562.